The molecule has 3 N–H and O–H groups in total. The first-order valence-electron chi connectivity index (χ1n) is 10.5. The van der Waals surface area contributed by atoms with Gasteiger partial charge in [0.15, 0.2) is 0 Å². The van der Waals surface area contributed by atoms with Gasteiger partial charge in [0.2, 0.25) is 0 Å². The van der Waals surface area contributed by atoms with Crippen molar-refractivity contribution >= 4 is 34.7 Å². The molecule has 0 saturated heterocycles. The molecule has 3 rings (SSSR count). The SMILES string of the molecule is CCN(CC)c1cc(Nc2ccc(NC(=O)Nc3ccc(C)cc3C)cc2)nc(C)n1. The molecule has 0 aliphatic rings. The smallest absolute Gasteiger partial charge is 0.323 e. The number of rotatable bonds is 7. The molecule has 0 aliphatic carbocycles. The van der Waals surface area contributed by atoms with Crippen LogP contribution in [0.3, 0.4) is 0 Å². The van der Waals surface area contributed by atoms with Gasteiger partial charge in [0.1, 0.15) is 17.5 Å². The maximum absolute atomic E-state index is 12.3. The lowest BCUT2D eigenvalue weighted by Gasteiger charge is -2.20. The standard InChI is InChI=1S/C24H30N6O/c1-6-30(7-2)23-15-22(25-18(5)26-23)27-19-9-11-20(12-10-19)28-24(31)29-21-13-8-16(3)14-17(21)4/h8-15H,6-7H2,1-5H3,(H,25,26,27)(H2,28,29,31). The quantitative estimate of drug-likeness (QED) is 0.463. The van der Waals surface area contributed by atoms with Gasteiger partial charge in [-0.05, 0) is 70.5 Å². The molecular formula is C24H30N6O. The molecule has 1 aromatic heterocycles. The topological polar surface area (TPSA) is 82.2 Å². The van der Waals surface area contributed by atoms with E-state index in [2.05, 4.69) is 44.7 Å². The van der Waals surface area contributed by atoms with E-state index in [0.29, 0.717) is 11.5 Å². The van der Waals surface area contributed by atoms with Crippen LogP contribution in [-0.4, -0.2) is 29.1 Å². The van der Waals surface area contributed by atoms with Crippen molar-refractivity contribution in [2.24, 2.45) is 0 Å². The van der Waals surface area contributed by atoms with E-state index in [0.717, 1.165) is 47.2 Å². The zero-order valence-corrected chi connectivity index (χ0v) is 18.8. The van der Waals surface area contributed by atoms with E-state index >= 15 is 0 Å². The normalized spacial score (nSPS) is 10.5. The Bertz CT molecular complexity index is 1040. The Morgan fingerprint density at radius 1 is 0.871 bits per heavy atom. The van der Waals surface area contributed by atoms with Gasteiger partial charge < -0.3 is 20.9 Å². The van der Waals surface area contributed by atoms with Crippen LogP contribution >= 0.6 is 0 Å². The number of nitrogens with one attached hydrogen (secondary N) is 3. The number of hydrogen-bond acceptors (Lipinski definition) is 5. The summed E-state index contributed by atoms with van der Waals surface area (Å²) in [7, 11) is 0. The van der Waals surface area contributed by atoms with Gasteiger partial charge in [0, 0.05) is 36.2 Å². The average Bonchev–Trinajstić information content (AvgIpc) is 2.72. The second-order valence-corrected chi connectivity index (χ2v) is 7.43. The number of carbonyl (C=O) groups is 1. The third-order valence-electron chi connectivity index (χ3n) is 4.96. The first kappa shape index (κ1) is 22.1. The lowest BCUT2D eigenvalue weighted by molar-refractivity contribution is 0.262. The minimum Gasteiger partial charge on any atom is -0.357 e. The van der Waals surface area contributed by atoms with Gasteiger partial charge in [0.05, 0.1) is 0 Å². The fourth-order valence-corrected chi connectivity index (χ4v) is 3.35. The molecule has 2 amide bonds. The molecule has 3 aromatic rings. The Morgan fingerprint density at radius 3 is 2.19 bits per heavy atom. The van der Waals surface area contributed by atoms with Crippen molar-refractivity contribution in [3.8, 4) is 0 Å². The number of carbonyl (C=O) groups excluding carboxylic acids is 1. The fraction of sp³-hybridized carbons (Fsp3) is 0.292. The van der Waals surface area contributed by atoms with Crippen LogP contribution in [0.15, 0.2) is 48.5 Å². The Hall–Kier alpha value is -3.61. The predicted molar refractivity (Wildman–Crippen MR) is 129 cm³/mol. The molecule has 2 aromatic carbocycles. The van der Waals surface area contributed by atoms with Gasteiger partial charge in [-0.1, -0.05) is 17.7 Å². The predicted octanol–water partition coefficient (Wildman–Crippen LogP) is 5.64. The summed E-state index contributed by atoms with van der Waals surface area (Å²) in [5.41, 5.74) is 4.57. The molecule has 0 spiro atoms. The Labute approximate surface area is 183 Å². The van der Waals surface area contributed by atoms with E-state index < -0.39 is 0 Å². The largest absolute Gasteiger partial charge is 0.357 e. The summed E-state index contributed by atoms with van der Waals surface area (Å²) in [6.07, 6.45) is 0. The van der Waals surface area contributed by atoms with E-state index in [1.807, 2.05) is 69.3 Å². The first-order valence-corrected chi connectivity index (χ1v) is 10.5. The molecule has 7 heteroatoms. The lowest BCUT2D eigenvalue weighted by atomic mass is 10.1. The van der Waals surface area contributed by atoms with Crippen LogP contribution in [0.25, 0.3) is 0 Å². The summed E-state index contributed by atoms with van der Waals surface area (Å²) < 4.78 is 0. The summed E-state index contributed by atoms with van der Waals surface area (Å²) in [6.45, 7) is 11.9. The Morgan fingerprint density at radius 2 is 1.55 bits per heavy atom. The van der Waals surface area contributed by atoms with Crippen molar-refractivity contribution in [2.45, 2.75) is 34.6 Å². The van der Waals surface area contributed by atoms with Gasteiger partial charge in [-0.2, -0.15) is 0 Å². The molecule has 31 heavy (non-hydrogen) atoms. The van der Waals surface area contributed by atoms with Crippen LogP contribution in [0.5, 0.6) is 0 Å². The summed E-state index contributed by atoms with van der Waals surface area (Å²) in [4.78, 5) is 23.5. The third-order valence-corrected chi connectivity index (χ3v) is 4.96. The summed E-state index contributed by atoms with van der Waals surface area (Å²) in [6, 6.07) is 15.1. The van der Waals surface area contributed by atoms with Crippen molar-refractivity contribution in [1.82, 2.24) is 9.97 Å². The maximum Gasteiger partial charge on any atom is 0.323 e. The van der Waals surface area contributed by atoms with Crippen molar-refractivity contribution in [2.75, 3.05) is 33.9 Å². The number of nitrogens with zero attached hydrogens (tertiary/aromatic N) is 3. The van der Waals surface area contributed by atoms with E-state index in [9.17, 15) is 4.79 Å². The number of amides is 2. The minimum absolute atomic E-state index is 0.275. The van der Waals surface area contributed by atoms with Gasteiger partial charge in [-0.3, -0.25) is 0 Å². The Balaban J connectivity index is 1.64. The molecule has 0 atom stereocenters. The highest BCUT2D eigenvalue weighted by Crippen LogP contribution is 2.22. The highest BCUT2D eigenvalue weighted by molar-refractivity contribution is 6.00. The molecule has 7 nitrogen and oxygen atoms in total. The average molecular weight is 419 g/mol. The molecule has 0 radical (unpaired) electrons. The highest BCUT2D eigenvalue weighted by Gasteiger charge is 2.09. The van der Waals surface area contributed by atoms with Gasteiger partial charge >= 0.3 is 6.03 Å². The molecule has 0 bridgehead atoms. The summed E-state index contributed by atoms with van der Waals surface area (Å²) in [5, 5.41) is 9.06. The summed E-state index contributed by atoms with van der Waals surface area (Å²) in [5.74, 6) is 2.36. The minimum atomic E-state index is -0.275. The molecule has 162 valence electrons. The zero-order valence-electron chi connectivity index (χ0n) is 18.8. The monoisotopic (exact) mass is 418 g/mol. The number of urea groups is 1. The molecule has 0 fully saturated rings. The number of anilines is 5. The molecule has 1 heterocycles. The van der Waals surface area contributed by atoms with E-state index in [-0.39, 0.29) is 6.03 Å². The second kappa shape index (κ2) is 9.93. The lowest BCUT2D eigenvalue weighted by Crippen LogP contribution is -2.23. The Kier molecular flexibility index (Phi) is 7.07. The third kappa shape index (κ3) is 5.94. The van der Waals surface area contributed by atoms with Crippen LogP contribution in [0.4, 0.5) is 33.5 Å². The van der Waals surface area contributed by atoms with E-state index in [1.165, 1.54) is 0 Å². The summed E-state index contributed by atoms with van der Waals surface area (Å²) >= 11 is 0. The second-order valence-electron chi connectivity index (χ2n) is 7.43. The van der Waals surface area contributed by atoms with Gasteiger partial charge in [0.25, 0.3) is 0 Å². The number of benzene rings is 2. The number of aromatic nitrogens is 2. The van der Waals surface area contributed by atoms with Gasteiger partial charge in [-0.15, -0.1) is 0 Å². The van der Waals surface area contributed by atoms with Crippen LogP contribution in [0, 0.1) is 20.8 Å². The molecule has 0 aliphatic heterocycles. The fourth-order valence-electron chi connectivity index (χ4n) is 3.35. The zero-order chi connectivity index (χ0) is 22.4. The van der Waals surface area contributed by atoms with Crippen molar-refractivity contribution in [3.63, 3.8) is 0 Å². The number of aryl methyl sites for hydroxylation is 3. The first-order chi connectivity index (χ1) is 14.9. The van der Waals surface area contributed by atoms with Crippen LogP contribution < -0.4 is 20.9 Å². The van der Waals surface area contributed by atoms with Gasteiger partial charge in [-0.25, -0.2) is 14.8 Å². The van der Waals surface area contributed by atoms with Crippen LogP contribution in [-0.2, 0) is 0 Å². The molecule has 0 unspecified atom stereocenters. The van der Waals surface area contributed by atoms with Crippen LogP contribution in [0.1, 0.15) is 30.8 Å². The van der Waals surface area contributed by atoms with Crippen LogP contribution in [0.2, 0.25) is 0 Å². The maximum atomic E-state index is 12.3. The molecule has 0 saturated carbocycles. The molecular weight excluding hydrogens is 388 g/mol. The van der Waals surface area contributed by atoms with Crippen molar-refractivity contribution < 1.29 is 4.79 Å². The highest BCUT2D eigenvalue weighted by atomic mass is 16.2. The van der Waals surface area contributed by atoms with E-state index in [4.69, 9.17) is 0 Å². The number of hydrogen-bond donors (Lipinski definition) is 3. The van der Waals surface area contributed by atoms with Crippen molar-refractivity contribution in [3.05, 3.63) is 65.5 Å². The van der Waals surface area contributed by atoms with E-state index in [1.54, 1.807) is 0 Å². The van der Waals surface area contributed by atoms with Crippen molar-refractivity contribution in [1.29, 1.82) is 0 Å².